The molecule has 0 radical (unpaired) electrons. The van der Waals surface area contributed by atoms with Crippen molar-refractivity contribution >= 4 is 5.91 Å². The number of carbonyl (C=O) groups excluding carboxylic acids is 1. The van der Waals surface area contributed by atoms with Crippen LogP contribution in [0, 0.1) is 5.41 Å². The van der Waals surface area contributed by atoms with Gasteiger partial charge in [0, 0.05) is 11.8 Å². The Balaban J connectivity index is 2.05. The van der Waals surface area contributed by atoms with Crippen molar-refractivity contribution in [3.05, 3.63) is 95.7 Å². The zero-order valence-corrected chi connectivity index (χ0v) is 15.9. The van der Waals surface area contributed by atoms with E-state index in [1.54, 1.807) is 0 Å². The van der Waals surface area contributed by atoms with Crippen molar-refractivity contribution in [2.24, 2.45) is 11.1 Å². The summed E-state index contributed by atoms with van der Waals surface area (Å²) in [6.07, 6.45) is 26.5. The zero-order chi connectivity index (χ0) is 19.0. The average molecular weight is 348 g/mol. The van der Waals surface area contributed by atoms with Crippen LogP contribution in [0.2, 0.25) is 0 Å². The minimum Gasteiger partial charge on any atom is -0.370 e. The fraction of sp³-hybridized carbons (Fsp3) is 0.292. The first kappa shape index (κ1) is 19.7. The second kappa shape index (κ2) is 9.19. The van der Waals surface area contributed by atoms with E-state index in [1.807, 2.05) is 0 Å². The second-order valence-electron chi connectivity index (χ2n) is 6.99. The van der Waals surface area contributed by atoms with Crippen molar-refractivity contribution in [1.82, 2.24) is 0 Å². The third-order valence-corrected chi connectivity index (χ3v) is 4.92. The Bertz CT molecular complexity index is 768. The molecule has 2 aliphatic rings. The zero-order valence-electron chi connectivity index (χ0n) is 15.9. The van der Waals surface area contributed by atoms with Gasteiger partial charge in [0.25, 0.3) is 0 Å². The Labute approximate surface area is 157 Å². The maximum atomic E-state index is 11.0. The van der Waals surface area contributed by atoms with Crippen LogP contribution in [0.3, 0.4) is 0 Å². The Kier molecular flexibility index (Phi) is 6.97. The second-order valence-corrected chi connectivity index (χ2v) is 6.99. The summed E-state index contributed by atoms with van der Waals surface area (Å²) in [7, 11) is 0. The van der Waals surface area contributed by atoms with Crippen LogP contribution < -0.4 is 5.73 Å². The standard InChI is InChI=1S/C24H29NO/c1-4-22(13-11-19(2)21-9-7-5-6-8-10-21)24(3)17-15-20(16-18-24)12-14-23(25)26/h4-7,9-11,13,15-17H,2,8,12,14,18H2,1,3H3,(H2,25,26)/b13-11-,22-4+. The number of hydrogen-bond acceptors (Lipinski definition) is 1. The third-order valence-electron chi connectivity index (χ3n) is 4.92. The number of rotatable bonds is 7. The van der Waals surface area contributed by atoms with E-state index in [4.69, 9.17) is 5.73 Å². The van der Waals surface area contributed by atoms with E-state index >= 15 is 0 Å². The van der Waals surface area contributed by atoms with Gasteiger partial charge in [-0.25, -0.2) is 0 Å². The molecule has 0 saturated heterocycles. The van der Waals surface area contributed by atoms with Crippen molar-refractivity contribution in [2.75, 3.05) is 0 Å². The van der Waals surface area contributed by atoms with Crippen LogP contribution in [0.25, 0.3) is 0 Å². The Morgan fingerprint density at radius 1 is 1.27 bits per heavy atom. The van der Waals surface area contributed by atoms with Crippen LogP contribution >= 0.6 is 0 Å². The summed E-state index contributed by atoms with van der Waals surface area (Å²) in [5.74, 6) is -0.250. The minimum atomic E-state index is -0.250. The highest BCUT2D eigenvalue weighted by molar-refractivity contribution is 5.74. The molecule has 0 fully saturated rings. The predicted molar refractivity (Wildman–Crippen MR) is 111 cm³/mol. The molecule has 0 aliphatic heterocycles. The Morgan fingerprint density at radius 3 is 2.73 bits per heavy atom. The number of carbonyl (C=O) groups is 1. The first-order chi connectivity index (χ1) is 12.4. The van der Waals surface area contributed by atoms with Gasteiger partial charge in [-0.15, -0.1) is 0 Å². The van der Waals surface area contributed by atoms with Crippen LogP contribution in [-0.2, 0) is 4.79 Å². The van der Waals surface area contributed by atoms with Gasteiger partial charge >= 0.3 is 0 Å². The summed E-state index contributed by atoms with van der Waals surface area (Å²) in [4.78, 5) is 11.0. The van der Waals surface area contributed by atoms with Gasteiger partial charge in [-0.05, 0) is 42.9 Å². The van der Waals surface area contributed by atoms with Gasteiger partial charge in [0.1, 0.15) is 0 Å². The molecule has 0 aromatic heterocycles. The molecule has 2 nitrogen and oxygen atoms in total. The molecule has 136 valence electrons. The lowest BCUT2D eigenvalue weighted by atomic mass is 9.75. The van der Waals surface area contributed by atoms with Gasteiger partial charge in [0.15, 0.2) is 0 Å². The lowest BCUT2D eigenvalue weighted by Gasteiger charge is -2.30. The molecule has 1 amide bonds. The number of allylic oxidation sites excluding steroid dienone is 15. The molecule has 0 aromatic carbocycles. The summed E-state index contributed by atoms with van der Waals surface area (Å²) < 4.78 is 0. The van der Waals surface area contributed by atoms with E-state index in [9.17, 15) is 4.79 Å². The van der Waals surface area contributed by atoms with E-state index in [-0.39, 0.29) is 11.3 Å². The molecule has 26 heavy (non-hydrogen) atoms. The maximum absolute atomic E-state index is 11.0. The van der Waals surface area contributed by atoms with Gasteiger partial charge in [0.05, 0.1) is 0 Å². The van der Waals surface area contributed by atoms with E-state index in [0.29, 0.717) is 12.8 Å². The first-order valence-electron chi connectivity index (χ1n) is 9.19. The number of amides is 1. The highest BCUT2D eigenvalue weighted by Crippen LogP contribution is 2.38. The van der Waals surface area contributed by atoms with E-state index in [1.165, 1.54) is 16.7 Å². The monoisotopic (exact) mass is 347 g/mol. The molecule has 2 N–H and O–H groups in total. The number of nitrogens with two attached hydrogens (primary N) is 1. The SMILES string of the molecule is C=C(/C=C\C(=C/C)C1(C)C=CC(CCC(N)=O)=CC1)C1=CCC=CC=C1. The van der Waals surface area contributed by atoms with E-state index in [0.717, 1.165) is 18.4 Å². The van der Waals surface area contributed by atoms with Crippen molar-refractivity contribution in [1.29, 1.82) is 0 Å². The third kappa shape index (κ3) is 5.45. The molecular weight excluding hydrogens is 318 g/mol. The smallest absolute Gasteiger partial charge is 0.217 e. The normalized spacial score (nSPS) is 22.9. The van der Waals surface area contributed by atoms with E-state index < -0.39 is 0 Å². The van der Waals surface area contributed by atoms with Crippen LogP contribution in [0.4, 0.5) is 0 Å². The summed E-state index contributed by atoms with van der Waals surface area (Å²) in [5, 5.41) is 0. The lowest BCUT2D eigenvalue weighted by molar-refractivity contribution is -0.117. The molecule has 0 spiro atoms. The predicted octanol–water partition coefficient (Wildman–Crippen LogP) is 5.65. The quantitative estimate of drug-likeness (QED) is 0.595. The Morgan fingerprint density at radius 2 is 2.08 bits per heavy atom. The van der Waals surface area contributed by atoms with Gasteiger partial charge in [-0.2, -0.15) is 0 Å². The van der Waals surface area contributed by atoms with Crippen LogP contribution in [0.15, 0.2) is 95.7 Å². The molecule has 1 atom stereocenters. The van der Waals surface area contributed by atoms with Crippen molar-refractivity contribution in [2.45, 2.75) is 39.5 Å². The maximum Gasteiger partial charge on any atom is 0.217 e. The molecule has 2 aliphatic carbocycles. The van der Waals surface area contributed by atoms with Crippen molar-refractivity contribution < 1.29 is 4.79 Å². The van der Waals surface area contributed by atoms with Crippen molar-refractivity contribution in [3.8, 4) is 0 Å². The lowest BCUT2D eigenvalue weighted by Crippen LogP contribution is -2.17. The van der Waals surface area contributed by atoms with Gasteiger partial charge in [0.2, 0.25) is 5.91 Å². The van der Waals surface area contributed by atoms with Crippen LogP contribution in [0.1, 0.15) is 39.5 Å². The summed E-state index contributed by atoms with van der Waals surface area (Å²) in [6.45, 7) is 8.52. The largest absolute Gasteiger partial charge is 0.370 e. The number of primary amides is 1. The highest BCUT2D eigenvalue weighted by Gasteiger charge is 2.25. The topological polar surface area (TPSA) is 43.1 Å². The molecular formula is C24H29NO. The summed E-state index contributed by atoms with van der Waals surface area (Å²) >= 11 is 0. The fourth-order valence-electron chi connectivity index (χ4n) is 3.16. The first-order valence-corrected chi connectivity index (χ1v) is 9.19. The van der Waals surface area contributed by atoms with Crippen molar-refractivity contribution in [3.63, 3.8) is 0 Å². The number of hydrogen-bond donors (Lipinski definition) is 1. The summed E-state index contributed by atoms with van der Waals surface area (Å²) in [5.41, 5.74) is 9.83. The molecule has 0 bridgehead atoms. The summed E-state index contributed by atoms with van der Waals surface area (Å²) in [6, 6.07) is 0. The average Bonchev–Trinajstić information content (AvgIpc) is 2.91. The molecule has 0 saturated carbocycles. The molecule has 1 unspecified atom stereocenters. The van der Waals surface area contributed by atoms with Crippen LogP contribution in [-0.4, -0.2) is 5.91 Å². The van der Waals surface area contributed by atoms with Gasteiger partial charge in [-0.3, -0.25) is 4.79 Å². The fourth-order valence-corrected chi connectivity index (χ4v) is 3.16. The van der Waals surface area contributed by atoms with Gasteiger partial charge < -0.3 is 5.73 Å². The van der Waals surface area contributed by atoms with E-state index in [2.05, 4.69) is 87.3 Å². The highest BCUT2D eigenvalue weighted by atomic mass is 16.1. The molecule has 2 rings (SSSR count). The molecule has 0 aromatic rings. The molecule has 2 heteroatoms. The van der Waals surface area contributed by atoms with Gasteiger partial charge in [-0.1, -0.05) is 85.9 Å². The minimum absolute atomic E-state index is 0.0447. The van der Waals surface area contributed by atoms with Crippen LogP contribution in [0.5, 0.6) is 0 Å². The Hall–Kier alpha value is -2.61. The molecule has 0 heterocycles.